The molecule has 5 atom stereocenters. The number of carbonyl (C=O) groups is 4. The molecular formula is C69H126O17P2. The summed E-state index contributed by atoms with van der Waals surface area (Å²) in [4.78, 5) is 72.2. The fourth-order valence-electron chi connectivity index (χ4n) is 9.39. The van der Waals surface area contributed by atoms with Gasteiger partial charge >= 0.3 is 39.5 Å². The number of aliphatic hydroxyl groups excluding tert-OH is 1. The van der Waals surface area contributed by atoms with Gasteiger partial charge in [-0.05, 0) is 83.0 Å². The van der Waals surface area contributed by atoms with Crippen molar-refractivity contribution < 1.29 is 80.2 Å². The maximum absolute atomic E-state index is 13.0. The van der Waals surface area contributed by atoms with Crippen LogP contribution in [0.2, 0.25) is 0 Å². The van der Waals surface area contributed by atoms with Crippen molar-refractivity contribution in [2.45, 2.75) is 323 Å². The van der Waals surface area contributed by atoms with Crippen molar-refractivity contribution in [2.75, 3.05) is 39.6 Å². The summed E-state index contributed by atoms with van der Waals surface area (Å²) in [5, 5.41) is 10.5. The highest BCUT2D eigenvalue weighted by Crippen LogP contribution is 2.45. The molecule has 0 fully saturated rings. The molecule has 0 rings (SSSR count). The van der Waals surface area contributed by atoms with Crippen LogP contribution >= 0.6 is 15.6 Å². The minimum Gasteiger partial charge on any atom is -0.462 e. The van der Waals surface area contributed by atoms with Crippen LogP contribution in [0, 0.1) is 5.92 Å². The van der Waals surface area contributed by atoms with Gasteiger partial charge in [0.2, 0.25) is 0 Å². The molecule has 514 valence electrons. The summed E-state index contributed by atoms with van der Waals surface area (Å²) >= 11 is 0. The van der Waals surface area contributed by atoms with E-state index in [4.69, 9.17) is 37.0 Å². The molecule has 0 saturated carbocycles. The van der Waals surface area contributed by atoms with Gasteiger partial charge in [0.1, 0.15) is 19.3 Å². The van der Waals surface area contributed by atoms with Crippen molar-refractivity contribution in [2.24, 2.45) is 5.92 Å². The smallest absolute Gasteiger partial charge is 0.462 e. The van der Waals surface area contributed by atoms with E-state index in [1.54, 1.807) is 0 Å². The number of esters is 4. The highest BCUT2D eigenvalue weighted by molar-refractivity contribution is 7.47. The van der Waals surface area contributed by atoms with Crippen molar-refractivity contribution in [3.63, 3.8) is 0 Å². The van der Waals surface area contributed by atoms with Gasteiger partial charge in [0, 0.05) is 25.7 Å². The first-order chi connectivity index (χ1) is 42.5. The number of phosphoric acid groups is 2. The Morgan fingerprint density at radius 1 is 0.352 bits per heavy atom. The Morgan fingerprint density at radius 3 is 0.932 bits per heavy atom. The van der Waals surface area contributed by atoms with Gasteiger partial charge in [-0.2, -0.15) is 0 Å². The Balaban J connectivity index is 5.24. The fourth-order valence-corrected chi connectivity index (χ4v) is 11.0. The van der Waals surface area contributed by atoms with Gasteiger partial charge in [-0.3, -0.25) is 37.3 Å². The first kappa shape index (κ1) is 85.0. The van der Waals surface area contributed by atoms with E-state index in [0.29, 0.717) is 25.7 Å². The molecule has 0 heterocycles. The summed E-state index contributed by atoms with van der Waals surface area (Å²) in [6.45, 7) is 7.00. The molecule has 0 aliphatic carbocycles. The zero-order chi connectivity index (χ0) is 64.9. The molecule has 0 bridgehead atoms. The molecule has 19 heteroatoms. The number of hydrogen-bond donors (Lipinski definition) is 3. The fraction of sp³-hybridized carbons (Fsp3) is 0.826. The predicted octanol–water partition coefficient (Wildman–Crippen LogP) is 18.8. The monoisotopic (exact) mass is 1290 g/mol. The molecule has 0 aromatic carbocycles. The van der Waals surface area contributed by atoms with Crippen molar-refractivity contribution in [1.82, 2.24) is 0 Å². The number of phosphoric ester groups is 2. The molecule has 2 unspecified atom stereocenters. The minimum atomic E-state index is -4.96. The van der Waals surface area contributed by atoms with Gasteiger partial charge in [-0.15, -0.1) is 0 Å². The van der Waals surface area contributed by atoms with E-state index in [2.05, 4.69) is 83.2 Å². The third-order valence-corrected chi connectivity index (χ3v) is 16.7. The van der Waals surface area contributed by atoms with Crippen molar-refractivity contribution in [3.05, 3.63) is 48.6 Å². The predicted molar refractivity (Wildman–Crippen MR) is 353 cm³/mol. The van der Waals surface area contributed by atoms with Crippen LogP contribution in [0.15, 0.2) is 48.6 Å². The largest absolute Gasteiger partial charge is 0.472 e. The normalized spacial score (nSPS) is 14.5. The lowest BCUT2D eigenvalue weighted by Crippen LogP contribution is -2.30. The van der Waals surface area contributed by atoms with E-state index in [-0.39, 0.29) is 25.7 Å². The minimum absolute atomic E-state index is 0.0780. The summed E-state index contributed by atoms with van der Waals surface area (Å²) < 4.78 is 67.9. The molecule has 0 spiro atoms. The SMILES string of the molecule is CCCCCC/C=C\C=C/CCCCCCCC(=O)OC[C@H](COP(=O)(O)OC[C@@H](O)COP(=O)(O)OC[C@@H](COC(=O)CCCCCCC)OC(=O)CCCCCCCCCCCCC(C)C)OC(=O)CCCCCCC/C=C\C=C/CCCCCC. The first-order valence-corrected chi connectivity index (χ1v) is 37.8. The Hall–Kier alpha value is -2.98. The number of carbonyl (C=O) groups excluding carboxylic acids is 4. The van der Waals surface area contributed by atoms with Gasteiger partial charge < -0.3 is 33.8 Å². The summed E-state index contributed by atoms with van der Waals surface area (Å²) in [6, 6.07) is 0. The molecule has 0 radical (unpaired) electrons. The second kappa shape index (κ2) is 61.5. The van der Waals surface area contributed by atoms with Crippen molar-refractivity contribution in [1.29, 1.82) is 0 Å². The highest BCUT2D eigenvalue weighted by Gasteiger charge is 2.30. The Bertz CT molecular complexity index is 1890. The van der Waals surface area contributed by atoms with Gasteiger partial charge in [-0.1, -0.05) is 250 Å². The van der Waals surface area contributed by atoms with Crippen LogP contribution in [0.1, 0.15) is 304 Å². The van der Waals surface area contributed by atoms with Gasteiger partial charge in [-0.25, -0.2) is 9.13 Å². The quantitative estimate of drug-likeness (QED) is 0.0169. The van der Waals surface area contributed by atoms with E-state index in [0.717, 1.165) is 134 Å². The number of ether oxygens (including phenoxy) is 4. The molecular weight excluding hydrogens is 1160 g/mol. The van der Waals surface area contributed by atoms with Crippen molar-refractivity contribution in [3.8, 4) is 0 Å². The lowest BCUT2D eigenvalue weighted by molar-refractivity contribution is -0.161. The number of unbranched alkanes of at least 4 members (excludes halogenated alkanes) is 31. The number of rotatable bonds is 65. The Morgan fingerprint density at radius 2 is 0.614 bits per heavy atom. The standard InChI is InChI=1S/C69H126O17P2/c1-6-9-12-15-17-19-21-23-25-27-29-34-38-43-48-53-67(72)80-59-65(86-69(74)54-49-44-39-35-30-28-26-24-22-20-18-16-13-10-7-2)61-84-88(77,78)82-57-63(70)56-81-87(75,76)83-60-64(58-79-66(71)52-47-41-14-11-8-3)85-68(73)55-50-45-40-36-32-31-33-37-42-46-51-62(4)5/h19-26,62-65,70H,6-18,27-61H2,1-5H3,(H,75,76)(H,77,78)/b21-19-,22-20-,25-23-,26-24-/t63-,64+,65+/m0/s1. The van der Waals surface area contributed by atoms with E-state index >= 15 is 0 Å². The van der Waals surface area contributed by atoms with Gasteiger partial charge in [0.15, 0.2) is 12.2 Å². The maximum atomic E-state index is 13.0. The Labute approximate surface area is 534 Å². The number of allylic oxidation sites excluding steroid dienone is 8. The molecule has 88 heavy (non-hydrogen) atoms. The first-order valence-electron chi connectivity index (χ1n) is 34.8. The summed E-state index contributed by atoms with van der Waals surface area (Å²) in [5.74, 6) is -1.45. The topological polar surface area (TPSA) is 237 Å². The maximum Gasteiger partial charge on any atom is 0.472 e. The molecule has 0 amide bonds. The van der Waals surface area contributed by atoms with Crippen LogP contribution in [0.3, 0.4) is 0 Å². The molecule has 3 N–H and O–H groups in total. The zero-order valence-electron chi connectivity index (χ0n) is 55.8. The third-order valence-electron chi connectivity index (χ3n) is 14.8. The molecule has 0 aliphatic rings. The average molecular weight is 1290 g/mol. The lowest BCUT2D eigenvalue weighted by atomic mass is 10.0. The highest BCUT2D eigenvalue weighted by atomic mass is 31.2. The van der Waals surface area contributed by atoms with E-state index in [1.807, 2.05) is 0 Å². The second-order valence-electron chi connectivity index (χ2n) is 24.0. The van der Waals surface area contributed by atoms with Crippen LogP contribution in [0.25, 0.3) is 0 Å². The average Bonchev–Trinajstić information content (AvgIpc) is 3.64. The van der Waals surface area contributed by atoms with E-state index in [1.165, 1.54) is 89.9 Å². The van der Waals surface area contributed by atoms with Crippen LogP contribution in [-0.2, 0) is 65.4 Å². The van der Waals surface area contributed by atoms with E-state index in [9.17, 15) is 43.2 Å². The zero-order valence-corrected chi connectivity index (χ0v) is 57.6. The molecule has 0 aromatic heterocycles. The van der Waals surface area contributed by atoms with Crippen LogP contribution < -0.4 is 0 Å². The van der Waals surface area contributed by atoms with Crippen LogP contribution in [0.4, 0.5) is 0 Å². The summed E-state index contributed by atoms with van der Waals surface area (Å²) in [5.41, 5.74) is 0. The molecule has 0 aromatic rings. The van der Waals surface area contributed by atoms with E-state index < -0.39 is 97.5 Å². The number of hydrogen-bond acceptors (Lipinski definition) is 15. The van der Waals surface area contributed by atoms with Crippen molar-refractivity contribution >= 4 is 39.5 Å². The van der Waals surface area contributed by atoms with Crippen LogP contribution in [-0.4, -0.2) is 96.7 Å². The molecule has 17 nitrogen and oxygen atoms in total. The number of aliphatic hydroxyl groups is 1. The van der Waals surface area contributed by atoms with Crippen LogP contribution in [0.5, 0.6) is 0 Å². The lowest BCUT2D eigenvalue weighted by Gasteiger charge is -2.21. The Kier molecular flexibility index (Phi) is 59.4. The summed E-state index contributed by atoms with van der Waals surface area (Å²) in [6.07, 6.45) is 53.3. The van der Waals surface area contributed by atoms with Gasteiger partial charge in [0.05, 0.1) is 26.4 Å². The second-order valence-corrected chi connectivity index (χ2v) is 26.9. The summed E-state index contributed by atoms with van der Waals surface area (Å²) in [7, 11) is -9.91. The molecule has 0 saturated heterocycles. The third kappa shape index (κ3) is 61.9. The molecule has 0 aliphatic heterocycles. The van der Waals surface area contributed by atoms with Gasteiger partial charge in [0.25, 0.3) is 0 Å².